The van der Waals surface area contributed by atoms with Crippen LogP contribution in [0.2, 0.25) is 0 Å². The third-order valence-corrected chi connectivity index (χ3v) is 6.79. The monoisotopic (exact) mass is 359 g/mol. The van der Waals surface area contributed by atoms with Crippen LogP contribution in [-0.4, -0.2) is 0 Å². The summed E-state index contributed by atoms with van der Waals surface area (Å²) >= 11 is 0. The standard InChI is InChI=1S/C24H38FN/c1-2-3-4-6-20-9-13-22(14-10-20)17-18-23-15-11-21(12-16-23)7-5-8-24(25)19-26/h5,7-8,20-23H,2-4,6,9-18H2,1H3/b7-5+,24-8-/t20-,21-,22-,23-. The van der Waals surface area contributed by atoms with Crippen molar-refractivity contribution in [2.45, 2.75) is 96.8 Å². The van der Waals surface area contributed by atoms with Gasteiger partial charge in [0, 0.05) is 0 Å². The van der Waals surface area contributed by atoms with E-state index in [9.17, 15) is 4.39 Å². The van der Waals surface area contributed by atoms with E-state index in [1.807, 2.05) is 0 Å². The number of nitrogens with zero attached hydrogens (tertiary/aromatic N) is 1. The fourth-order valence-electron chi connectivity index (χ4n) is 4.97. The van der Waals surface area contributed by atoms with Crippen LogP contribution in [0.5, 0.6) is 0 Å². The first-order valence-electron chi connectivity index (χ1n) is 11.1. The highest BCUT2D eigenvalue weighted by Crippen LogP contribution is 2.38. The SMILES string of the molecule is CCCCC[C@H]1CC[C@H](CC[C@H]2CC[C@H](/C=C/C=C(\F)C#N)CC2)CC1. The summed E-state index contributed by atoms with van der Waals surface area (Å²) in [6.45, 7) is 2.30. The van der Waals surface area contributed by atoms with Gasteiger partial charge >= 0.3 is 0 Å². The van der Waals surface area contributed by atoms with Gasteiger partial charge in [-0.2, -0.15) is 9.65 Å². The van der Waals surface area contributed by atoms with Crippen LogP contribution in [0.15, 0.2) is 24.1 Å². The molecule has 26 heavy (non-hydrogen) atoms. The van der Waals surface area contributed by atoms with E-state index < -0.39 is 5.83 Å². The third kappa shape index (κ3) is 8.07. The van der Waals surface area contributed by atoms with Crippen molar-refractivity contribution in [2.24, 2.45) is 23.7 Å². The van der Waals surface area contributed by atoms with Crippen LogP contribution in [0.4, 0.5) is 4.39 Å². The van der Waals surface area contributed by atoms with Crippen LogP contribution in [0.25, 0.3) is 0 Å². The minimum atomic E-state index is -0.699. The lowest BCUT2D eigenvalue weighted by Crippen LogP contribution is -2.17. The van der Waals surface area contributed by atoms with Crippen LogP contribution in [0.1, 0.15) is 96.8 Å². The molecule has 1 nitrogen and oxygen atoms in total. The quantitative estimate of drug-likeness (QED) is 0.233. The molecule has 2 aliphatic carbocycles. The van der Waals surface area contributed by atoms with Gasteiger partial charge in [-0.1, -0.05) is 83.3 Å². The number of allylic oxidation sites excluding steroid dienone is 4. The summed E-state index contributed by atoms with van der Waals surface area (Å²) in [5, 5.41) is 8.41. The highest BCUT2D eigenvalue weighted by atomic mass is 19.1. The normalized spacial score (nSPS) is 30.4. The minimum Gasteiger partial charge on any atom is -0.195 e. The molecule has 0 aromatic heterocycles. The molecular formula is C24H38FN. The molecule has 0 aromatic rings. The second-order valence-corrected chi connectivity index (χ2v) is 8.75. The van der Waals surface area contributed by atoms with Crippen LogP contribution < -0.4 is 0 Å². The Balaban J connectivity index is 1.56. The lowest BCUT2D eigenvalue weighted by molar-refractivity contribution is 0.219. The van der Waals surface area contributed by atoms with Gasteiger partial charge in [-0.3, -0.25) is 0 Å². The Morgan fingerprint density at radius 2 is 1.42 bits per heavy atom. The Kier molecular flexibility index (Phi) is 10.0. The maximum absolute atomic E-state index is 12.8. The van der Waals surface area contributed by atoms with Gasteiger partial charge in [-0.05, 0) is 55.4 Å². The molecule has 0 unspecified atom stereocenters. The molecule has 0 N–H and O–H groups in total. The lowest BCUT2D eigenvalue weighted by atomic mass is 9.75. The molecule has 0 aromatic carbocycles. The molecule has 2 rings (SSSR count). The van der Waals surface area contributed by atoms with Gasteiger partial charge in [0.05, 0.1) is 0 Å². The average molecular weight is 360 g/mol. The molecule has 2 fully saturated rings. The molecule has 0 radical (unpaired) electrons. The molecule has 0 bridgehead atoms. The highest BCUT2D eigenvalue weighted by molar-refractivity contribution is 5.19. The molecule has 2 saturated carbocycles. The van der Waals surface area contributed by atoms with Gasteiger partial charge in [0.15, 0.2) is 5.83 Å². The maximum atomic E-state index is 12.8. The summed E-state index contributed by atoms with van der Waals surface area (Å²) in [5.41, 5.74) is 0. The van der Waals surface area contributed by atoms with E-state index in [4.69, 9.17) is 5.26 Å². The second-order valence-electron chi connectivity index (χ2n) is 8.75. The van der Waals surface area contributed by atoms with Gasteiger partial charge in [-0.15, -0.1) is 0 Å². The number of hydrogen-bond acceptors (Lipinski definition) is 1. The van der Waals surface area contributed by atoms with E-state index in [0.29, 0.717) is 5.92 Å². The van der Waals surface area contributed by atoms with Crippen molar-refractivity contribution >= 4 is 0 Å². The predicted octanol–water partition coefficient (Wildman–Crippen LogP) is 7.89. The molecule has 0 atom stereocenters. The van der Waals surface area contributed by atoms with Crippen molar-refractivity contribution in [3.8, 4) is 6.07 Å². The van der Waals surface area contributed by atoms with Crippen molar-refractivity contribution in [1.82, 2.24) is 0 Å². The van der Waals surface area contributed by atoms with E-state index in [-0.39, 0.29) is 0 Å². The summed E-state index contributed by atoms with van der Waals surface area (Å²) in [5.74, 6) is 2.81. The Morgan fingerprint density at radius 1 is 0.885 bits per heavy atom. The second kappa shape index (κ2) is 12.3. The molecule has 0 saturated heterocycles. The number of halogens is 1. The zero-order valence-electron chi connectivity index (χ0n) is 16.8. The Morgan fingerprint density at radius 3 is 1.96 bits per heavy atom. The van der Waals surface area contributed by atoms with Crippen molar-refractivity contribution in [3.05, 3.63) is 24.1 Å². The van der Waals surface area contributed by atoms with E-state index in [1.165, 1.54) is 102 Å². The number of unbranched alkanes of at least 4 members (excludes halogenated alkanes) is 2. The van der Waals surface area contributed by atoms with Gasteiger partial charge in [0.25, 0.3) is 0 Å². The molecular weight excluding hydrogens is 321 g/mol. The van der Waals surface area contributed by atoms with E-state index in [1.54, 1.807) is 6.08 Å². The smallest absolute Gasteiger partial charge is 0.195 e. The summed E-state index contributed by atoms with van der Waals surface area (Å²) in [6, 6.07) is 1.52. The number of nitriles is 1. The first-order valence-corrected chi connectivity index (χ1v) is 11.1. The van der Waals surface area contributed by atoms with E-state index in [0.717, 1.165) is 17.8 Å². The van der Waals surface area contributed by atoms with Crippen molar-refractivity contribution in [3.63, 3.8) is 0 Å². The van der Waals surface area contributed by atoms with Crippen LogP contribution >= 0.6 is 0 Å². The van der Waals surface area contributed by atoms with Gasteiger partial charge in [-0.25, -0.2) is 0 Å². The molecule has 146 valence electrons. The lowest BCUT2D eigenvalue weighted by Gasteiger charge is -2.31. The fourth-order valence-corrected chi connectivity index (χ4v) is 4.97. The minimum absolute atomic E-state index is 0.576. The topological polar surface area (TPSA) is 23.8 Å². The Hall–Kier alpha value is -1.10. The summed E-state index contributed by atoms with van der Waals surface area (Å²) in [6.07, 6.45) is 24.7. The van der Waals surface area contributed by atoms with E-state index in [2.05, 4.69) is 13.0 Å². The molecule has 0 amide bonds. The predicted molar refractivity (Wildman–Crippen MR) is 108 cm³/mol. The van der Waals surface area contributed by atoms with Gasteiger partial charge < -0.3 is 0 Å². The van der Waals surface area contributed by atoms with Crippen molar-refractivity contribution < 1.29 is 4.39 Å². The Bertz CT molecular complexity index is 471. The number of hydrogen-bond donors (Lipinski definition) is 0. The zero-order chi connectivity index (χ0) is 18.6. The number of rotatable bonds is 9. The first kappa shape index (κ1) is 21.2. The molecule has 0 spiro atoms. The summed E-state index contributed by atoms with van der Waals surface area (Å²) in [7, 11) is 0. The van der Waals surface area contributed by atoms with Crippen LogP contribution in [0.3, 0.4) is 0 Å². The van der Waals surface area contributed by atoms with Crippen molar-refractivity contribution in [2.75, 3.05) is 0 Å². The molecule has 2 heteroatoms. The van der Waals surface area contributed by atoms with E-state index >= 15 is 0 Å². The third-order valence-electron chi connectivity index (χ3n) is 6.79. The van der Waals surface area contributed by atoms with Crippen molar-refractivity contribution in [1.29, 1.82) is 5.26 Å². The fraction of sp³-hybridized carbons (Fsp3) is 0.792. The largest absolute Gasteiger partial charge is 0.199 e. The maximum Gasteiger partial charge on any atom is 0.199 e. The Labute approximate surface area is 160 Å². The van der Waals surface area contributed by atoms with Gasteiger partial charge in [0.2, 0.25) is 0 Å². The van der Waals surface area contributed by atoms with Gasteiger partial charge in [0.1, 0.15) is 6.07 Å². The first-order chi connectivity index (χ1) is 12.7. The van der Waals surface area contributed by atoms with Crippen LogP contribution in [0, 0.1) is 35.0 Å². The molecule has 0 heterocycles. The summed E-state index contributed by atoms with van der Waals surface area (Å²) < 4.78 is 12.8. The van der Waals surface area contributed by atoms with Crippen LogP contribution in [-0.2, 0) is 0 Å². The average Bonchev–Trinajstić information content (AvgIpc) is 2.68. The zero-order valence-corrected chi connectivity index (χ0v) is 16.8. The summed E-state index contributed by atoms with van der Waals surface area (Å²) in [4.78, 5) is 0. The molecule has 2 aliphatic rings. The molecule has 0 aliphatic heterocycles. The highest BCUT2D eigenvalue weighted by Gasteiger charge is 2.23.